The number of halogens is 1. The maximum atomic E-state index is 15.9. The van der Waals surface area contributed by atoms with Crippen LogP contribution in [0.3, 0.4) is 0 Å². The zero-order chi connectivity index (χ0) is 32.5. The highest BCUT2D eigenvalue weighted by molar-refractivity contribution is 7.47. The average molecular weight is 687 g/mol. The summed E-state index contributed by atoms with van der Waals surface area (Å²) in [5, 5.41) is 11.1. The Bertz CT molecular complexity index is 2040. The van der Waals surface area contributed by atoms with Gasteiger partial charge in [0.05, 0.1) is 30.4 Å². The minimum atomic E-state index is -5.19. The third-order valence-corrected chi connectivity index (χ3v) is 9.55. The van der Waals surface area contributed by atoms with E-state index in [1.165, 1.54) is 6.07 Å². The van der Waals surface area contributed by atoms with Crippen molar-refractivity contribution >= 4 is 43.7 Å². The molecule has 2 unspecified atom stereocenters. The number of nitrogen functional groups attached to an aromatic ring is 1. The van der Waals surface area contributed by atoms with Crippen molar-refractivity contribution in [1.29, 1.82) is 0 Å². The molecule has 0 saturated carbocycles. The maximum Gasteiger partial charge on any atom is 0.472 e. The van der Waals surface area contributed by atoms with Crippen LogP contribution in [0.15, 0.2) is 46.5 Å². The quantitative estimate of drug-likeness (QED) is 0.168. The Kier molecular flexibility index (Phi) is 7.69. The number of H-pyrrole nitrogens is 1. The van der Waals surface area contributed by atoms with E-state index in [1.54, 1.807) is 18.2 Å². The van der Waals surface area contributed by atoms with Gasteiger partial charge in [0.1, 0.15) is 36.8 Å². The highest BCUT2D eigenvalue weighted by Crippen LogP contribution is 2.53. The average Bonchev–Trinajstić information content (AvgIpc) is 3.65. The number of hydrogen-bond acceptors (Lipinski definition) is 15. The SMILES string of the molecule is Nc1nc2c(ncn2[C@@H]2O[C@@H]3COP(=O)(O)O[C@H]4[C@@H](F)[C@H](n5cnc6ccccc6c5=O)O[C@@H]4COP(=O)(O)O[C@@H]2[C@@H]3O)c(=O)[nH]1. The summed E-state index contributed by atoms with van der Waals surface area (Å²) in [6, 6.07) is 6.24. The zero-order valence-corrected chi connectivity index (χ0v) is 24.8. The van der Waals surface area contributed by atoms with Crippen LogP contribution < -0.4 is 16.9 Å². The molecule has 3 aliphatic heterocycles. The van der Waals surface area contributed by atoms with E-state index in [9.17, 15) is 33.6 Å². The number of fused-ring (bicyclic) bond motifs is 5. The van der Waals surface area contributed by atoms with Crippen LogP contribution in [-0.4, -0.2) is 93.9 Å². The first-order valence-electron chi connectivity index (χ1n) is 13.4. The van der Waals surface area contributed by atoms with Gasteiger partial charge in [-0.3, -0.25) is 41.8 Å². The van der Waals surface area contributed by atoms with Crippen molar-refractivity contribution in [2.24, 2.45) is 0 Å². The number of hydrogen-bond donors (Lipinski definition) is 5. The fraction of sp³-hybridized carbons (Fsp3) is 0.435. The van der Waals surface area contributed by atoms with Gasteiger partial charge < -0.3 is 30.1 Å². The lowest BCUT2D eigenvalue weighted by Crippen LogP contribution is -2.35. The lowest BCUT2D eigenvalue weighted by molar-refractivity contribution is -0.0678. The van der Waals surface area contributed by atoms with Gasteiger partial charge in [0.2, 0.25) is 5.95 Å². The Labute approximate surface area is 254 Å². The molecule has 7 rings (SSSR count). The third-order valence-electron chi connectivity index (χ3n) is 7.58. The minimum Gasteiger partial charge on any atom is -0.387 e. The van der Waals surface area contributed by atoms with E-state index >= 15 is 4.39 Å². The maximum absolute atomic E-state index is 15.9. The van der Waals surface area contributed by atoms with Crippen LogP contribution in [0.25, 0.3) is 22.1 Å². The molecule has 0 radical (unpaired) electrons. The first-order chi connectivity index (χ1) is 21.8. The Hall–Kier alpha value is -3.46. The van der Waals surface area contributed by atoms with E-state index in [0.29, 0.717) is 5.52 Å². The molecular weight excluding hydrogens is 663 g/mol. The molecule has 6 heterocycles. The van der Waals surface area contributed by atoms with Gasteiger partial charge in [-0.25, -0.2) is 23.5 Å². The van der Waals surface area contributed by atoms with E-state index < -0.39 is 89.1 Å². The molecule has 10 atom stereocenters. The predicted molar refractivity (Wildman–Crippen MR) is 149 cm³/mol. The summed E-state index contributed by atoms with van der Waals surface area (Å²) in [6.45, 7) is -1.85. The first-order valence-corrected chi connectivity index (χ1v) is 16.4. The first kappa shape index (κ1) is 31.2. The summed E-state index contributed by atoms with van der Waals surface area (Å²) in [6.07, 6.45) is -12.3. The topological polar surface area (TPSA) is 275 Å². The Morgan fingerprint density at radius 1 is 0.935 bits per heavy atom. The van der Waals surface area contributed by atoms with Crippen molar-refractivity contribution in [3.63, 3.8) is 0 Å². The number of phosphoric ester groups is 2. The van der Waals surface area contributed by atoms with Crippen molar-refractivity contribution in [3.05, 3.63) is 57.6 Å². The Morgan fingerprint density at radius 3 is 2.35 bits per heavy atom. The number of rotatable bonds is 2. The Balaban J connectivity index is 1.21. The molecule has 3 aliphatic rings. The molecule has 4 aromatic rings. The number of nitrogens with one attached hydrogen (secondary N) is 1. The van der Waals surface area contributed by atoms with Gasteiger partial charge in [-0.2, -0.15) is 4.98 Å². The molecule has 3 saturated heterocycles. The van der Waals surface area contributed by atoms with Crippen molar-refractivity contribution in [3.8, 4) is 0 Å². The summed E-state index contributed by atoms with van der Waals surface area (Å²) in [7, 11) is -10.4. The van der Waals surface area contributed by atoms with Crippen LogP contribution in [0.4, 0.5) is 10.3 Å². The number of ether oxygens (including phenoxy) is 2. The van der Waals surface area contributed by atoms with Crippen LogP contribution in [0, 0.1) is 0 Å². The molecule has 0 aliphatic carbocycles. The molecular formula is C23H24FN7O13P2. The van der Waals surface area contributed by atoms with Crippen LogP contribution in [0.2, 0.25) is 0 Å². The number of aliphatic hydroxyl groups excluding tert-OH is 1. The number of aromatic amines is 1. The lowest BCUT2D eigenvalue weighted by Gasteiger charge is -2.25. The number of para-hydroxylation sites is 1. The normalized spacial score (nSPS) is 37.0. The molecule has 0 amide bonds. The van der Waals surface area contributed by atoms with Crippen LogP contribution in [-0.2, 0) is 36.7 Å². The lowest BCUT2D eigenvalue weighted by atomic mass is 10.1. The molecule has 246 valence electrons. The van der Waals surface area contributed by atoms with Crippen molar-refractivity contribution < 1.29 is 56.0 Å². The van der Waals surface area contributed by atoms with Gasteiger partial charge in [0.15, 0.2) is 29.8 Å². The number of nitrogens with zero attached hydrogens (tertiary/aromatic N) is 5. The highest BCUT2D eigenvalue weighted by Gasteiger charge is 2.54. The second-order valence-electron chi connectivity index (χ2n) is 10.5. The number of benzene rings is 1. The van der Waals surface area contributed by atoms with E-state index in [2.05, 4.69) is 19.9 Å². The summed E-state index contributed by atoms with van der Waals surface area (Å²) in [5.41, 5.74) is 4.19. The molecule has 20 nitrogen and oxygen atoms in total. The number of phosphoric acid groups is 2. The number of aliphatic hydroxyl groups is 1. The second kappa shape index (κ2) is 11.4. The van der Waals surface area contributed by atoms with E-state index in [1.807, 2.05) is 0 Å². The van der Waals surface area contributed by atoms with Gasteiger partial charge >= 0.3 is 15.6 Å². The molecule has 46 heavy (non-hydrogen) atoms. The minimum absolute atomic E-state index is 0.126. The number of aromatic nitrogens is 6. The van der Waals surface area contributed by atoms with Gasteiger partial charge in [0, 0.05) is 0 Å². The standard InChI is InChI=1S/C23H24FN7O13P2/c24-13-16-12(42-21(13)31-7-26-10-4-2-1-3-9(10)20(31)34)6-40-46(37,38)44-17-15(32)11(5-39-45(35,36)43-16)41-22(17)30-8-27-14-18(30)28-23(25)29-19(14)33/h1-4,7-8,11-13,15-17,21-22,32H,5-6H2,(H,35,36)(H,37,38)(H3,25,28,29,33)/t11-,12-,13-,15-,16-,17-,21-,22-/m1/s1. The number of nitrogens with two attached hydrogens (primary N) is 1. The van der Waals surface area contributed by atoms with Crippen LogP contribution >= 0.6 is 15.6 Å². The van der Waals surface area contributed by atoms with E-state index in [-0.39, 0.29) is 22.5 Å². The summed E-state index contributed by atoms with van der Waals surface area (Å²) < 4.78 is 75.8. The fourth-order valence-electron chi connectivity index (χ4n) is 5.47. The summed E-state index contributed by atoms with van der Waals surface area (Å²) in [5.74, 6) is -0.302. The molecule has 6 N–H and O–H groups in total. The molecule has 3 aromatic heterocycles. The predicted octanol–water partition coefficient (Wildman–Crippen LogP) is -0.376. The molecule has 1 aromatic carbocycles. The number of anilines is 1. The Morgan fingerprint density at radius 2 is 1.59 bits per heavy atom. The smallest absolute Gasteiger partial charge is 0.387 e. The van der Waals surface area contributed by atoms with E-state index in [4.69, 9.17) is 33.3 Å². The molecule has 3 fully saturated rings. The van der Waals surface area contributed by atoms with Crippen molar-refractivity contribution in [2.75, 3.05) is 18.9 Å². The molecule has 23 heteroatoms. The van der Waals surface area contributed by atoms with Gasteiger partial charge in [-0.05, 0) is 12.1 Å². The van der Waals surface area contributed by atoms with Gasteiger partial charge in [-0.1, -0.05) is 12.1 Å². The summed E-state index contributed by atoms with van der Waals surface area (Å²) in [4.78, 5) is 60.9. The van der Waals surface area contributed by atoms with Crippen LogP contribution in [0.1, 0.15) is 12.5 Å². The largest absolute Gasteiger partial charge is 0.472 e. The number of alkyl halides is 1. The van der Waals surface area contributed by atoms with Gasteiger partial charge in [-0.15, -0.1) is 0 Å². The third kappa shape index (κ3) is 5.48. The van der Waals surface area contributed by atoms with Crippen molar-refractivity contribution in [1.82, 2.24) is 29.1 Å². The number of imidazole rings is 1. The second-order valence-corrected chi connectivity index (χ2v) is 13.3. The monoisotopic (exact) mass is 687 g/mol. The zero-order valence-electron chi connectivity index (χ0n) is 23.0. The van der Waals surface area contributed by atoms with Crippen LogP contribution in [0.5, 0.6) is 0 Å². The van der Waals surface area contributed by atoms with Gasteiger partial charge in [0.25, 0.3) is 11.1 Å². The highest BCUT2D eigenvalue weighted by atomic mass is 31.2. The van der Waals surface area contributed by atoms with E-state index in [0.717, 1.165) is 21.8 Å². The molecule has 2 bridgehead atoms. The summed E-state index contributed by atoms with van der Waals surface area (Å²) >= 11 is 0. The van der Waals surface area contributed by atoms with Crippen molar-refractivity contribution in [2.45, 2.75) is 49.1 Å². The molecule has 0 spiro atoms. The fourth-order valence-corrected chi connectivity index (χ4v) is 7.36.